The molecule has 1 aliphatic heterocycles. The van der Waals surface area contributed by atoms with Gasteiger partial charge >= 0.3 is 0 Å². The molecule has 2 rings (SSSR count). The highest BCUT2D eigenvalue weighted by atomic mass is 16.3. The molecule has 0 saturated carbocycles. The van der Waals surface area contributed by atoms with Gasteiger partial charge in [0.25, 0.3) is 0 Å². The number of aliphatic hydroxyl groups is 1. The SMILES string of the molecule is CC(C)c1cn2c(n1)CCC(CO)C2. The van der Waals surface area contributed by atoms with Gasteiger partial charge in [-0.2, -0.15) is 0 Å². The van der Waals surface area contributed by atoms with E-state index in [1.807, 2.05) is 0 Å². The van der Waals surface area contributed by atoms with E-state index in [1.54, 1.807) is 0 Å². The number of imidazole rings is 1. The lowest BCUT2D eigenvalue weighted by molar-refractivity contribution is 0.190. The van der Waals surface area contributed by atoms with Crippen molar-refractivity contribution in [3.05, 3.63) is 17.7 Å². The van der Waals surface area contributed by atoms with E-state index in [0.29, 0.717) is 18.4 Å². The molecule has 78 valence electrons. The Labute approximate surface area is 84.8 Å². The molecule has 1 aromatic heterocycles. The van der Waals surface area contributed by atoms with Crippen LogP contribution in [0.4, 0.5) is 0 Å². The summed E-state index contributed by atoms with van der Waals surface area (Å²) in [6.45, 7) is 5.57. The zero-order valence-electron chi connectivity index (χ0n) is 8.90. The first-order chi connectivity index (χ1) is 6.70. The zero-order chi connectivity index (χ0) is 10.1. The highest BCUT2D eigenvalue weighted by Crippen LogP contribution is 2.22. The van der Waals surface area contributed by atoms with E-state index in [-0.39, 0.29) is 0 Å². The molecule has 0 bridgehead atoms. The van der Waals surface area contributed by atoms with Gasteiger partial charge < -0.3 is 9.67 Å². The highest BCUT2D eigenvalue weighted by Gasteiger charge is 2.20. The van der Waals surface area contributed by atoms with Crippen LogP contribution in [0.1, 0.15) is 37.7 Å². The minimum absolute atomic E-state index is 0.300. The van der Waals surface area contributed by atoms with E-state index < -0.39 is 0 Å². The second kappa shape index (κ2) is 3.73. The molecule has 3 heteroatoms. The molecular weight excluding hydrogens is 176 g/mol. The summed E-state index contributed by atoms with van der Waals surface area (Å²) >= 11 is 0. The molecule has 0 spiro atoms. The maximum atomic E-state index is 9.10. The Morgan fingerprint density at radius 3 is 3.07 bits per heavy atom. The molecule has 2 heterocycles. The Balaban J connectivity index is 2.21. The maximum Gasteiger partial charge on any atom is 0.108 e. The Kier molecular flexibility index (Phi) is 2.59. The average Bonchev–Trinajstić information content (AvgIpc) is 2.59. The molecular formula is C11H18N2O. The van der Waals surface area contributed by atoms with Gasteiger partial charge in [-0.3, -0.25) is 0 Å². The molecule has 0 aromatic carbocycles. The lowest BCUT2D eigenvalue weighted by atomic mass is 10.0. The van der Waals surface area contributed by atoms with Crippen molar-refractivity contribution in [1.29, 1.82) is 0 Å². The first kappa shape index (κ1) is 9.71. The van der Waals surface area contributed by atoms with Gasteiger partial charge in [0.15, 0.2) is 0 Å². The Morgan fingerprint density at radius 1 is 1.64 bits per heavy atom. The summed E-state index contributed by atoms with van der Waals surface area (Å²) in [6.07, 6.45) is 4.23. The number of fused-ring (bicyclic) bond motifs is 1. The molecule has 1 aliphatic rings. The van der Waals surface area contributed by atoms with Crippen LogP contribution in [-0.2, 0) is 13.0 Å². The lowest BCUT2D eigenvalue weighted by Gasteiger charge is -2.21. The lowest BCUT2D eigenvalue weighted by Crippen LogP contribution is -2.22. The van der Waals surface area contributed by atoms with Gasteiger partial charge in [0.1, 0.15) is 5.82 Å². The summed E-state index contributed by atoms with van der Waals surface area (Å²) in [5, 5.41) is 9.10. The predicted octanol–water partition coefficient (Wildman–Crippen LogP) is 1.56. The first-order valence-electron chi connectivity index (χ1n) is 5.37. The summed E-state index contributed by atoms with van der Waals surface area (Å²) in [5.41, 5.74) is 1.18. The number of hydrogen-bond acceptors (Lipinski definition) is 2. The largest absolute Gasteiger partial charge is 0.396 e. The summed E-state index contributed by atoms with van der Waals surface area (Å²) in [4.78, 5) is 4.60. The Morgan fingerprint density at radius 2 is 2.43 bits per heavy atom. The smallest absolute Gasteiger partial charge is 0.108 e. The molecule has 14 heavy (non-hydrogen) atoms. The third kappa shape index (κ3) is 1.69. The normalized spacial score (nSPS) is 21.3. The number of rotatable bonds is 2. The van der Waals surface area contributed by atoms with Crippen LogP contribution < -0.4 is 0 Å². The Bertz CT molecular complexity index is 317. The van der Waals surface area contributed by atoms with Crippen LogP contribution in [0.3, 0.4) is 0 Å². The summed E-state index contributed by atoms with van der Waals surface area (Å²) < 4.78 is 2.21. The van der Waals surface area contributed by atoms with Crippen LogP contribution in [0.2, 0.25) is 0 Å². The van der Waals surface area contributed by atoms with Crippen LogP contribution in [0, 0.1) is 5.92 Å². The van der Waals surface area contributed by atoms with Crippen LogP contribution in [0.15, 0.2) is 6.20 Å². The molecule has 0 radical (unpaired) electrons. The quantitative estimate of drug-likeness (QED) is 0.776. The molecule has 0 fully saturated rings. The van der Waals surface area contributed by atoms with Crippen LogP contribution >= 0.6 is 0 Å². The molecule has 1 aromatic rings. The number of nitrogens with zero attached hydrogens (tertiary/aromatic N) is 2. The van der Waals surface area contributed by atoms with E-state index >= 15 is 0 Å². The van der Waals surface area contributed by atoms with Gasteiger partial charge in [-0.15, -0.1) is 0 Å². The monoisotopic (exact) mass is 194 g/mol. The van der Waals surface area contributed by atoms with Gasteiger partial charge in [-0.25, -0.2) is 4.98 Å². The van der Waals surface area contributed by atoms with Crippen molar-refractivity contribution in [3.63, 3.8) is 0 Å². The molecule has 0 saturated heterocycles. The predicted molar refractivity (Wildman–Crippen MR) is 55.2 cm³/mol. The second-order valence-corrected chi connectivity index (χ2v) is 4.48. The average molecular weight is 194 g/mol. The van der Waals surface area contributed by atoms with E-state index in [1.165, 1.54) is 11.5 Å². The fraction of sp³-hybridized carbons (Fsp3) is 0.727. The third-order valence-corrected chi connectivity index (χ3v) is 2.96. The van der Waals surface area contributed by atoms with Crippen molar-refractivity contribution >= 4 is 0 Å². The number of aromatic nitrogens is 2. The van der Waals surface area contributed by atoms with Crippen molar-refractivity contribution in [2.45, 2.75) is 39.2 Å². The maximum absolute atomic E-state index is 9.10. The highest BCUT2D eigenvalue weighted by molar-refractivity contribution is 5.10. The van der Waals surface area contributed by atoms with Gasteiger partial charge in [0, 0.05) is 31.7 Å². The molecule has 1 atom stereocenters. The standard InChI is InChI=1S/C11H18N2O/c1-8(2)10-6-13-5-9(7-14)3-4-11(13)12-10/h6,8-9,14H,3-5,7H2,1-2H3. The van der Waals surface area contributed by atoms with Gasteiger partial charge in [0.05, 0.1) is 5.69 Å². The van der Waals surface area contributed by atoms with E-state index in [9.17, 15) is 0 Å². The van der Waals surface area contributed by atoms with E-state index in [2.05, 4.69) is 29.6 Å². The van der Waals surface area contributed by atoms with Crippen molar-refractivity contribution < 1.29 is 5.11 Å². The summed E-state index contributed by atoms with van der Waals surface area (Å²) in [7, 11) is 0. The van der Waals surface area contributed by atoms with Crippen LogP contribution in [0.25, 0.3) is 0 Å². The Hall–Kier alpha value is -0.830. The topological polar surface area (TPSA) is 38.0 Å². The van der Waals surface area contributed by atoms with Gasteiger partial charge in [0.2, 0.25) is 0 Å². The summed E-state index contributed by atoms with van der Waals surface area (Å²) in [6, 6.07) is 0. The van der Waals surface area contributed by atoms with Crippen LogP contribution in [0.5, 0.6) is 0 Å². The number of aryl methyl sites for hydroxylation is 1. The number of aliphatic hydroxyl groups excluding tert-OH is 1. The minimum Gasteiger partial charge on any atom is -0.396 e. The second-order valence-electron chi connectivity index (χ2n) is 4.48. The van der Waals surface area contributed by atoms with Crippen molar-refractivity contribution in [2.24, 2.45) is 5.92 Å². The van der Waals surface area contributed by atoms with Gasteiger partial charge in [-0.1, -0.05) is 13.8 Å². The van der Waals surface area contributed by atoms with Gasteiger partial charge in [-0.05, 0) is 12.3 Å². The van der Waals surface area contributed by atoms with Crippen molar-refractivity contribution in [2.75, 3.05) is 6.61 Å². The fourth-order valence-electron chi connectivity index (χ4n) is 1.96. The third-order valence-electron chi connectivity index (χ3n) is 2.96. The van der Waals surface area contributed by atoms with Crippen molar-refractivity contribution in [1.82, 2.24) is 9.55 Å². The molecule has 0 aliphatic carbocycles. The fourth-order valence-corrected chi connectivity index (χ4v) is 1.96. The molecule has 3 nitrogen and oxygen atoms in total. The molecule has 1 N–H and O–H groups in total. The summed E-state index contributed by atoms with van der Waals surface area (Å²) in [5.74, 6) is 2.12. The number of hydrogen-bond donors (Lipinski definition) is 1. The minimum atomic E-state index is 0.300. The van der Waals surface area contributed by atoms with Crippen LogP contribution in [-0.4, -0.2) is 21.3 Å². The van der Waals surface area contributed by atoms with E-state index in [4.69, 9.17) is 5.11 Å². The van der Waals surface area contributed by atoms with Crippen molar-refractivity contribution in [3.8, 4) is 0 Å². The zero-order valence-corrected chi connectivity index (χ0v) is 8.90. The van der Waals surface area contributed by atoms with E-state index in [0.717, 1.165) is 19.4 Å². The molecule has 1 unspecified atom stereocenters. The molecule has 0 amide bonds. The first-order valence-corrected chi connectivity index (χ1v) is 5.37.